The molecule has 2 heterocycles. The number of imidazole rings is 1. The molecular formula is C19H22N4O. The zero-order chi connectivity index (χ0) is 17.3. The first kappa shape index (κ1) is 16.1. The Morgan fingerprint density at radius 2 is 2.00 bits per heavy atom. The van der Waals surface area contributed by atoms with Crippen molar-refractivity contribution < 1.29 is 0 Å². The number of aromatic amines is 1. The molecule has 0 saturated carbocycles. The third kappa shape index (κ3) is 2.52. The molecule has 2 aromatic heterocycles. The average molecular weight is 322 g/mol. The predicted molar refractivity (Wildman–Crippen MR) is 98.9 cm³/mol. The van der Waals surface area contributed by atoms with E-state index in [4.69, 9.17) is 0 Å². The molecule has 5 nitrogen and oxygen atoms in total. The molecule has 0 atom stereocenters. The molecular weight excluding hydrogens is 300 g/mol. The first-order chi connectivity index (χ1) is 11.6. The Kier molecular flexibility index (Phi) is 4.25. The maximum atomic E-state index is 12.7. The van der Waals surface area contributed by atoms with Gasteiger partial charge in [-0.15, -0.1) is 0 Å². The molecule has 0 aliphatic carbocycles. The molecule has 5 heteroatoms. The fourth-order valence-electron chi connectivity index (χ4n) is 3.00. The Balaban J connectivity index is 2.31. The number of aryl methyl sites for hydroxylation is 2. The molecule has 124 valence electrons. The SMILES string of the molecule is C\C=C(/C=c1/[nH]nc(C)/c1=C/CC)n1c(=O)n(C)c2ccccc21. The molecule has 0 fully saturated rings. The van der Waals surface area contributed by atoms with Crippen molar-refractivity contribution in [1.29, 1.82) is 0 Å². The highest BCUT2D eigenvalue weighted by molar-refractivity contribution is 5.86. The molecule has 0 spiro atoms. The first-order valence-electron chi connectivity index (χ1n) is 8.14. The molecule has 0 saturated heterocycles. The first-order valence-corrected chi connectivity index (χ1v) is 8.14. The van der Waals surface area contributed by atoms with Crippen LogP contribution in [0.2, 0.25) is 0 Å². The van der Waals surface area contributed by atoms with E-state index >= 15 is 0 Å². The molecule has 0 amide bonds. The number of para-hydroxylation sites is 2. The number of fused-ring (bicyclic) bond motifs is 1. The van der Waals surface area contributed by atoms with Crippen LogP contribution in [0, 0.1) is 6.92 Å². The minimum atomic E-state index is -0.0576. The van der Waals surface area contributed by atoms with Crippen LogP contribution >= 0.6 is 0 Å². The van der Waals surface area contributed by atoms with Crippen LogP contribution in [0.3, 0.4) is 0 Å². The van der Waals surface area contributed by atoms with E-state index in [2.05, 4.69) is 23.2 Å². The van der Waals surface area contributed by atoms with Crippen LogP contribution in [0.5, 0.6) is 0 Å². The predicted octanol–water partition coefficient (Wildman–Crippen LogP) is 1.90. The normalized spacial score (nSPS) is 14.1. The second-order valence-electron chi connectivity index (χ2n) is 5.77. The highest BCUT2D eigenvalue weighted by atomic mass is 16.1. The van der Waals surface area contributed by atoms with Crippen molar-refractivity contribution >= 4 is 28.9 Å². The lowest BCUT2D eigenvalue weighted by Gasteiger charge is -2.03. The van der Waals surface area contributed by atoms with Gasteiger partial charge in [0.15, 0.2) is 0 Å². The average Bonchev–Trinajstić information content (AvgIpc) is 3.06. The largest absolute Gasteiger partial charge is 0.333 e. The van der Waals surface area contributed by atoms with Gasteiger partial charge in [-0.3, -0.25) is 14.2 Å². The van der Waals surface area contributed by atoms with Gasteiger partial charge in [-0.1, -0.05) is 31.2 Å². The highest BCUT2D eigenvalue weighted by Crippen LogP contribution is 2.16. The smallest absolute Gasteiger partial charge is 0.295 e. The Hall–Kier alpha value is -2.82. The maximum absolute atomic E-state index is 12.7. The summed E-state index contributed by atoms with van der Waals surface area (Å²) in [6, 6.07) is 7.81. The summed E-state index contributed by atoms with van der Waals surface area (Å²) >= 11 is 0. The Morgan fingerprint density at radius 1 is 1.29 bits per heavy atom. The number of aromatic nitrogens is 4. The number of hydrogen-bond acceptors (Lipinski definition) is 2. The van der Waals surface area contributed by atoms with Crippen LogP contribution in [-0.4, -0.2) is 19.3 Å². The van der Waals surface area contributed by atoms with Crippen LogP contribution in [0.25, 0.3) is 28.9 Å². The van der Waals surface area contributed by atoms with E-state index in [0.29, 0.717) is 0 Å². The van der Waals surface area contributed by atoms with Crippen LogP contribution < -0.4 is 16.3 Å². The van der Waals surface area contributed by atoms with E-state index in [-0.39, 0.29) is 5.69 Å². The zero-order valence-corrected chi connectivity index (χ0v) is 14.5. The minimum Gasteiger partial charge on any atom is -0.295 e. The Bertz CT molecular complexity index is 1090. The monoisotopic (exact) mass is 322 g/mol. The van der Waals surface area contributed by atoms with E-state index < -0.39 is 0 Å². The van der Waals surface area contributed by atoms with Gasteiger partial charge in [0.25, 0.3) is 0 Å². The van der Waals surface area contributed by atoms with Gasteiger partial charge in [-0.2, -0.15) is 5.10 Å². The lowest BCUT2D eigenvalue weighted by Crippen LogP contribution is -2.26. The molecule has 0 unspecified atom stereocenters. The summed E-state index contributed by atoms with van der Waals surface area (Å²) in [7, 11) is 1.80. The summed E-state index contributed by atoms with van der Waals surface area (Å²) in [6.45, 7) is 6.02. The highest BCUT2D eigenvalue weighted by Gasteiger charge is 2.12. The van der Waals surface area contributed by atoms with Gasteiger partial charge in [0, 0.05) is 18.0 Å². The van der Waals surface area contributed by atoms with Crippen molar-refractivity contribution in [2.24, 2.45) is 7.05 Å². The third-order valence-corrected chi connectivity index (χ3v) is 4.24. The van der Waals surface area contributed by atoms with Crippen LogP contribution in [0.1, 0.15) is 26.0 Å². The fourth-order valence-corrected chi connectivity index (χ4v) is 3.00. The molecule has 0 aliphatic rings. The zero-order valence-electron chi connectivity index (χ0n) is 14.5. The number of benzene rings is 1. The van der Waals surface area contributed by atoms with E-state index in [1.807, 2.05) is 50.3 Å². The van der Waals surface area contributed by atoms with Gasteiger partial charge < -0.3 is 0 Å². The fraction of sp³-hybridized carbons (Fsp3) is 0.263. The van der Waals surface area contributed by atoms with E-state index in [1.165, 1.54) is 0 Å². The van der Waals surface area contributed by atoms with E-state index in [0.717, 1.165) is 39.4 Å². The van der Waals surface area contributed by atoms with E-state index in [9.17, 15) is 4.79 Å². The number of hydrogen-bond donors (Lipinski definition) is 1. The van der Waals surface area contributed by atoms with Gasteiger partial charge in [-0.05, 0) is 38.5 Å². The number of rotatable bonds is 3. The summed E-state index contributed by atoms with van der Waals surface area (Å²) < 4.78 is 3.41. The molecule has 0 radical (unpaired) electrons. The molecule has 24 heavy (non-hydrogen) atoms. The van der Waals surface area contributed by atoms with Gasteiger partial charge in [0.05, 0.1) is 22.1 Å². The number of nitrogens with one attached hydrogen (secondary N) is 1. The number of H-pyrrole nitrogens is 1. The molecule has 1 N–H and O–H groups in total. The minimum absolute atomic E-state index is 0.0576. The Morgan fingerprint density at radius 3 is 2.67 bits per heavy atom. The van der Waals surface area contributed by atoms with Crippen molar-refractivity contribution in [2.75, 3.05) is 0 Å². The van der Waals surface area contributed by atoms with Crippen molar-refractivity contribution in [3.05, 3.63) is 57.1 Å². The lowest BCUT2D eigenvalue weighted by atomic mass is 10.2. The molecule has 0 bridgehead atoms. The topological polar surface area (TPSA) is 55.6 Å². The molecule has 0 aliphatic heterocycles. The summed E-state index contributed by atoms with van der Waals surface area (Å²) in [5, 5.41) is 9.37. The summed E-state index contributed by atoms with van der Waals surface area (Å²) in [6.07, 6.45) is 7.00. The van der Waals surface area contributed by atoms with Crippen LogP contribution in [0.4, 0.5) is 0 Å². The maximum Gasteiger partial charge on any atom is 0.333 e. The third-order valence-electron chi connectivity index (χ3n) is 4.24. The van der Waals surface area contributed by atoms with Gasteiger partial charge in [0.2, 0.25) is 0 Å². The van der Waals surface area contributed by atoms with E-state index in [1.54, 1.807) is 16.2 Å². The second-order valence-corrected chi connectivity index (χ2v) is 5.77. The van der Waals surface area contributed by atoms with Crippen molar-refractivity contribution in [3.63, 3.8) is 0 Å². The lowest BCUT2D eigenvalue weighted by molar-refractivity contribution is 0.856. The van der Waals surface area contributed by atoms with Crippen LogP contribution in [0.15, 0.2) is 35.1 Å². The second kappa shape index (κ2) is 6.35. The van der Waals surface area contributed by atoms with Gasteiger partial charge in [-0.25, -0.2) is 4.79 Å². The summed E-state index contributed by atoms with van der Waals surface area (Å²) in [4.78, 5) is 12.7. The summed E-state index contributed by atoms with van der Waals surface area (Å²) in [5.41, 5.74) is 3.54. The number of nitrogens with zero attached hydrogens (tertiary/aromatic N) is 3. The molecule has 3 rings (SSSR count). The summed E-state index contributed by atoms with van der Waals surface area (Å²) in [5.74, 6) is 0. The van der Waals surface area contributed by atoms with Gasteiger partial charge in [0.1, 0.15) is 0 Å². The van der Waals surface area contributed by atoms with Crippen LogP contribution in [-0.2, 0) is 7.05 Å². The van der Waals surface area contributed by atoms with Crippen molar-refractivity contribution in [1.82, 2.24) is 19.3 Å². The standard InChI is InChI=1S/C19H22N4O/c1-5-9-15-13(3)20-21-16(15)12-14(6-2)23-18-11-8-7-10-17(18)22(4)19(23)24/h6-12,21H,5H2,1-4H3/b14-6+,15-9-,16-12+. The molecule has 3 aromatic rings. The quantitative estimate of drug-likeness (QED) is 0.801. The Labute approximate surface area is 140 Å². The molecule has 1 aromatic carbocycles. The van der Waals surface area contributed by atoms with Crippen molar-refractivity contribution in [2.45, 2.75) is 27.2 Å². The van der Waals surface area contributed by atoms with Crippen molar-refractivity contribution in [3.8, 4) is 0 Å². The number of allylic oxidation sites excluding steroid dienone is 2. The van der Waals surface area contributed by atoms with Gasteiger partial charge >= 0.3 is 5.69 Å².